The second-order valence-corrected chi connectivity index (χ2v) is 3.71. The van der Waals surface area contributed by atoms with E-state index in [-0.39, 0.29) is 0 Å². The topological polar surface area (TPSA) is 25.0 Å². The van der Waals surface area contributed by atoms with Gasteiger partial charge in [-0.1, -0.05) is 6.07 Å². The molecule has 0 aliphatic rings. The maximum Gasteiger partial charge on any atom is 0.142 e. The van der Waals surface area contributed by atoms with Gasteiger partial charge in [0.1, 0.15) is 5.75 Å². The van der Waals surface area contributed by atoms with Crippen molar-refractivity contribution in [1.29, 1.82) is 0 Å². The van der Waals surface area contributed by atoms with E-state index in [1.54, 1.807) is 7.11 Å². The first-order valence-electron chi connectivity index (χ1n) is 4.77. The molecule has 0 aliphatic heterocycles. The van der Waals surface area contributed by atoms with E-state index in [2.05, 4.69) is 31.8 Å². The van der Waals surface area contributed by atoms with Crippen LogP contribution in [0.3, 0.4) is 0 Å². The van der Waals surface area contributed by atoms with E-state index in [1.165, 1.54) is 22.2 Å². The zero-order chi connectivity index (χ0) is 10.3. The fraction of sp³-hybridized carbons (Fsp3) is 0.333. The summed E-state index contributed by atoms with van der Waals surface area (Å²) in [7, 11) is 1.70. The molecule has 0 saturated carbocycles. The second kappa shape index (κ2) is 3.05. The third kappa shape index (κ3) is 1.10. The molecule has 0 aliphatic carbocycles. The number of H-pyrrole nitrogens is 1. The number of aromatic amines is 1. The van der Waals surface area contributed by atoms with Gasteiger partial charge in [0.15, 0.2) is 0 Å². The van der Waals surface area contributed by atoms with Crippen LogP contribution in [0, 0.1) is 20.8 Å². The molecule has 14 heavy (non-hydrogen) atoms. The summed E-state index contributed by atoms with van der Waals surface area (Å²) in [6.45, 7) is 6.36. The van der Waals surface area contributed by atoms with E-state index < -0.39 is 0 Å². The van der Waals surface area contributed by atoms with Gasteiger partial charge in [0.2, 0.25) is 0 Å². The highest BCUT2D eigenvalue weighted by atomic mass is 16.5. The number of hydrogen-bond acceptors (Lipinski definition) is 1. The Morgan fingerprint density at radius 2 is 1.86 bits per heavy atom. The average molecular weight is 189 g/mol. The van der Waals surface area contributed by atoms with Crippen LogP contribution in [0.2, 0.25) is 0 Å². The number of nitrogens with one attached hydrogen (secondary N) is 1. The van der Waals surface area contributed by atoms with Gasteiger partial charge in [-0.05, 0) is 38.0 Å². The number of ether oxygens (including phenoxy) is 1. The molecule has 0 spiro atoms. The first-order chi connectivity index (χ1) is 6.65. The molecule has 0 fully saturated rings. The summed E-state index contributed by atoms with van der Waals surface area (Å²) in [5.74, 6) is 0.918. The largest absolute Gasteiger partial charge is 0.495 e. The number of aryl methyl sites for hydroxylation is 3. The summed E-state index contributed by atoms with van der Waals surface area (Å²) in [6.07, 6.45) is 0. The third-order valence-electron chi connectivity index (χ3n) is 2.85. The Hall–Kier alpha value is -1.44. The van der Waals surface area contributed by atoms with Crippen molar-refractivity contribution in [3.63, 3.8) is 0 Å². The highest BCUT2D eigenvalue weighted by Gasteiger charge is 2.10. The van der Waals surface area contributed by atoms with E-state index in [1.807, 2.05) is 6.07 Å². The van der Waals surface area contributed by atoms with Crippen LogP contribution in [0.4, 0.5) is 0 Å². The van der Waals surface area contributed by atoms with Crippen LogP contribution in [-0.2, 0) is 0 Å². The minimum atomic E-state index is 0.918. The smallest absolute Gasteiger partial charge is 0.142 e. The van der Waals surface area contributed by atoms with Gasteiger partial charge in [0.05, 0.1) is 12.6 Å². The van der Waals surface area contributed by atoms with E-state index in [4.69, 9.17) is 4.74 Å². The SMILES string of the molecule is COc1ccc(C)c2c(C)c(C)[nH]c12. The van der Waals surface area contributed by atoms with E-state index in [0.717, 1.165) is 11.3 Å². The molecular weight excluding hydrogens is 174 g/mol. The van der Waals surface area contributed by atoms with Crippen molar-refractivity contribution in [2.24, 2.45) is 0 Å². The zero-order valence-electron chi connectivity index (χ0n) is 9.06. The van der Waals surface area contributed by atoms with Crippen LogP contribution in [0.25, 0.3) is 10.9 Å². The van der Waals surface area contributed by atoms with E-state index >= 15 is 0 Å². The van der Waals surface area contributed by atoms with Gasteiger partial charge in [0, 0.05) is 11.1 Å². The van der Waals surface area contributed by atoms with E-state index in [0.29, 0.717) is 0 Å². The molecule has 0 saturated heterocycles. The van der Waals surface area contributed by atoms with Gasteiger partial charge >= 0.3 is 0 Å². The Balaban J connectivity index is 2.91. The molecule has 0 unspecified atom stereocenters. The lowest BCUT2D eigenvalue weighted by molar-refractivity contribution is 0.419. The highest BCUT2D eigenvalue weighted by molar-refractivity contribution is 5.92. The van der Waals surface area contributed by atoms with Gasteiger partial charge in [0.25, 0.3) is 0 Å². The summed E-state index contributed by atoms with van der Waals surface area (Å²) in [5, 5.41) is 1.29. The lowest BCUT2D eigenvalue weighted by Crippen LogP contribution is -1.85. The number of aromatic nitrogens is 1. The standard InChI is InChI=1S/C12H15NO/c1-7-5-6-10(14-4)12-11(7)8(2)9(3)13-12/h5-6,13H,1-4H3. The Bertz CT molecular complexity index is 483. The normalized spacial score (nSPS) is 10.9. The van der Waals surface area contributed by atoms with Crippen LogP contribution < -0.4 is 4.74 Å². The maximum absolute atomic E-state index is 5.32. The minimum absolute atomic E-state index is 0.918. The molecule has 1 heterocycles. The Labute approximate surface area is 83.9 Å². The summed E-state index contributed by atoms with van der Waals surface area (Å²) in [6, 6.07) is 4.11. The van der Waals surface area contributed by atoms with Crippen molar-refractivity contribution in [1.82, 2.24) is 4.98 Å². The first kappa shape index (κ1) is 9.13. The molecule has 2 rings (SSSR count). The molecule has 1 N–H and O–H groups in total. The Morgan fingerprint density at radius 3 is 2.50 bits per heavy atom. The summed E-state index contributed by atoms with van der Waals surface area (Å²) in [4.78, 5) is 3.36. The van der Waals surface area contributed by atoms with Crippen molar-refractivity contribution in [3.8, 4) is 5.75 Å². The van der Waals surface area contributed by atoms with Crippen molar-refractivity contribution in [2.75, 3.05) is 7.11 Å². The molecular formula is C12H15NO. The molecule has 1 aromatic heterocycles. The van der Waals surface area contributed by atoms with Crippen molar-refractivity contribution < 1.29 is 4.74 Å². The summed E-state index contributed by atoms with van der Waals surface area (Å²) >= 11 is 0. The lowest BCUT2D eigenvalue weighted by atomic mass is 10.1. The van der Waals surface area contributed by atoms with Crippen LogP contribution >= 0.6 is 0 Å². The summed E-state index contributed by atoms with van der Waals surface area (Å²) < 4.78 is 5.32. The number of rotatable bonds is 1. The quantitative estimate of drug-likeness (QED) is 0.732. The average Bonchev–Trinajstić information content (AvgIpc) is 2.45. The van der Waals surface area contributed by atoms with Crippen molar-refractivity contribution >= 4 is 10.9 Å². The Morgan fingerprint density at radius 1 is 1.14 bits per heavy atom. The van der Waals surface area contributed by atoms with Gasteiger partial charge < -0.3 is 9.72 Å². The van der Waals surface area contributed by atoms with Crippen LogP contribution in [0.5, 0.6) is 5.75 Å². The molecule has 2 aromatic rings. The molecule has 2 nitrogen and oxygen atoms in total. The van der Waals surface area contributed by atoms with Gasteiger partial charge in [-0.3, -0.25) is 0 Å². The fourth-order valence-electron chi connectivity index (χ4n) is 1.93. The molecule has 1 aromatic carbocycles. The number of benzene rings is 1. The van der Waals surface area contributed by atoms with Gasteiger partial charge in [-0.25, -0.2) is 0 Å². The zero-order valence-corrected chi connectivity index (χ0v) is 9.06. The highest BCUT2D eigenvalue weighted by Crippen LogP contribution is 2.31. The van der Waals surface area contributed by atoms with E-state index in [9.17, 15) is 0 Å². The molecule has 0 bridgehead atoms. The monoisotopic (exact) mass is 189 g/mol. The lowest BCUT2D eigenvalue weighted by Gasteiger charge is -2.03. The van der Waals surface area contributed by atoms with Crippen molar-refractivity contribution in [3.05, 3.63) is 29.0 Å². The summed E-state index contributed by atoms with van der Waals surface area (Å²) in [5.41, 5.74) is 4.94. The predicted molar refractivity (Wildman–Crippen MR) is 59.1 cm³/mol. The van der Waals surface area contributed by atoms with Crippen LogP contribution in [0.15, 0.2) is 12.1 Å². The Kier molecular flexibility index (Phi) is 1.99. The third-order valence-corrected chi connectivity index (χ3v) is 2.85. The van der Waals surface area contributed by atoms with Crippen LogP contribution in [0.1, 0.15) is 16.8 Å². The van der Waals surface area contributed by atoms with Crippen LogP contribution in [-0.4, -0.2) is 12.1 Å². The maximum atomic E-state index is 5.32. The van der Waals surface area contributed by atoms with Crippen molar-refractivity contribution in [2.45, 2.75) is 20.8 Å². The number of fused-ring (bicyclic) bond motifs is 1. The molecule has 0 amide bonds. The molecule has 2 heteroatoms. The fourth-order valence-corrected chi connectivity index (χ4v) is 1.93. The number of methoxy groups -OCH3 is 1. The molecule has 0 atom stereocenters. The van der Waals surface area contributed by atoms with Gasteiger partial charge in [-0.15, -0.1) is 0 Å². The first-order valence-corrected chi connectivity index (χ1v) is 4.77. The predicted octanol–water partition coefficient (Wildman–Crippen LogP) is 3.10. The van der Waals surface area contributed by atoms with Gasteiger partial charge in [-0.2, -0.15) is 0 Å². The molecule has 74 valence electrons. The molecule has 0 radical (unpaired) electrons. The number of hydrogen-bond donors (Lipinski definition) is 1. The second-order valence-electron chi connectivity index (χ2n) is 3.71. The minimum Gasteiger partial charge on any atom is -0.495 e.